The second kappa shape index (κ2) is 6.90. The van der Waals surface area contributed by atoms with Crippen LogP contribution in [0, 0.1) is 5.82 Å². The molecule has 0 unspecified atom stereocenters. The van der Waals surface area contributed by atoms with Gasteiger partial charge in [-0.3, -0.25) is 4.68 Å². The lowest BCUT2D eigenvalue weighted by atomic mass is 9.89. The van der Waals surface area contributed by atoms with Crippen LogP contribution in [0.5, 0.6) is 5.75 Å². The van der Waals surface area contributed by atoms with E-state index in [1.165, 1.54) is 23.4 Å². The third-order valence-corrected chi connectivity index (χ3v) is 7.82. The minimum atomic E-state index is -0.487. The number of aryl methyl sites for hydroxylation is 2. The van der Waals surface area contributed by atoms with Crippen molar-refractivity contribution in [3.05, 3.63) is 58.8 Å². The van der Waals surface area contributed by atoms with Crippen molar-refractivity contribution in [3.8, 4) is 28.3 Å². The molecule has 1 aromatic carbocycles. The number of nitrogens with zero attached hydrogens (tertiary/aromatic N) is 6. The van der Waals surface area contributed by atoms with Crippen molar-refractivity contribution in [2.45, 2.75) is 57.1 Å². The van der Waals surface area contributed by atoms with Crippen molar-refractivity contribution in [2.75, 3.05) is 5.73 Å². The van der Waals surface area contributed by atoms with Gasteiger partial charge in [-0.15, -0.1) is 0 Å². The lowest BCUT2D eigenvalue weighted by molar-refractivity contribution is 0.227. The van der Waals surface area contributed by atoms with E-state index in [9.17, 15) is 4.39 Å². The molecule has 4 aromatic rings. The molecule has 3 aliphatic rings. The third-order valence-electron chi connectivity index (χ3n) is 7.82. The van der Waals surface area contributed by atoms with E-state index in [1.807, 2.05) is 20.0 Å². The second-order valence-corrected chi connectivity index (χ2v) is 9.99. The smallest absolute Gasteiger partial charge is 0.166 e. The summed E-state index contributed by atoms with van der Waals surface area (Å²) in [6, 6.07) is 6.70. The van der Waals surface area contributed by atoms with Crippen LogP contribution in [-0.2, 0) is 19.0 Å². The van der Waals surface area contributed by atoms with E-state index in [4.69, 9.17) is 25.8 Å². The molecule has 0 radical (unpaired) electrons. The highest BCUT2D eigenvalue weighted by Gasteiger charge is 2.57. The van der Waals surface area contributed by atoms with Gasteiger partial charge in [0.05, 0.1) is 17.1 Å². The summed E-state index contributed by atoms with van der Waals surface area (Å²) in [6.07, 6.45) is 4.51. The van der Waals surface area contributed by atoms with Gasteiger partial charge in [0.25, 0.3) is 0 Å². The van der Waals surface area contributed by atoms with Crippen LogP contribution < -0.4 is 10.5 Å². The number of nitrogen functional groups attached to an aromatic ring is 1. The van der Waals surface area contributed by atoms with Crippen LogP contribution in [0.1, 0.15) is 67.6 Å². The molecule has 8 nitrogen and oxygen atoms in total. The lowest BCUT2D eigenvalue weighted by Gasteiger charge is -2.22. The summed E-state index contributed by atoms with van der Waals surface area (Å²) in [7, 11) is 1.83. The monoisotopic (exact) mass is 471 g/mol. The van der Waals surface area contributed by atoms with Crippen molar-refractivity contribution in [1.82, 2.24) is 29.8 Å². The van der Waals surface area contributed by atoms with Gasteiger partial charge >= 0.3 is 0 Å². The minimum absolute atomic E-state index is 0.0288. The number of fused-ring (bicyclic) bond motifs is 8. The van der Waals surface area contributed by atoms with Crippen molar-refractivity contribution in [2.24, 2.45) is 7.05 Å². The zero-order valence-corrected chi connectivity index (χ0v) is 19.9. The Bertz CT molecular complexity index is 1520. The van der Waals surface area contributed by atoms with E-state index in [0.717, 1.165) is 54.0 Å². The summed E-state index contributed by atoms with van der Waals surface area (Å²) in [5.74, 6) is 0.466. The average molecular weight is 472 g/mol. The van der Waals surface area contributed by atoms with Crippen LogP contribution in [0.15, 0.2) is 30.5 Å². The number of aromatic nitrogens is 6. The fourth-order valence-electron chi connectivity index (χ4n) is 6.01. The topological polar surface area (TPSA) is 96.7 Å². The van der Waals surface area contributed by atoms with Crippen LogP contribution in [0.2, 0.25) is 0 Å². The Balaban J connectivity index is 1.59. The number of rotatable bonds is 1. The second-order valence-electron chi connectivity index (χ2n) is 9.99. The van der Waals surface area contributed by atoms with Crippen molar-refractivity contribution in [3.63, 3.8) is 0 Å². The first-order chi connectivity index (χ1) is 16.9. The SMILES string of the molecule is CCn1nc2c3c1-c1cnc(N)c(c1)O[C@H](C)c1cc(F)ccc1-c1nn(C)nc1[C@H]3CC21CC1. The van der Waals surface area contributed by atoms with Gasteiger partial charge in [-0.25, -0.2) is 9.37 Å². The summed E-state index contributed by atoms with van der Waals surface area (Å²) < 4.78 is 22.8. The molecular weight excluding hydrogens is 445 g/mol. The Morgan fingerprint density at radius 3 is 2.80 bits per heavy atom. The quantitative estimate of drug-likeness (QED) is 0.439. The van der Waals surface area contributed by atoms with Crippen LogP contribution >= 0.6 is 0 Å². The van der Waals surface area contributed by atoms with Crippen LogP contribution in [0.4, 0.5) is 10.2 Å². The first-order valence-electron chi connectivity index (χ1n) is 12.1. The average Bonchev–Trinajstić information content (AvgIpc) is 3.21. The summed E-state index contributed by atoms with van der Waals surface area (Å²) in [5.41, 5.74) is 13.8. The zero-order valence-electron chi connectivity index (χ0n) is 19.9. The number of pyridine rings is 1. The number of anilines is 1. The normalized spacial score (nSPS) is 20.9. The molecule has 4 heterocycles. The van der Waals surface area contributed by atoms with Crippen molar-refractivity contribution >= 4 is 5.82 Å². The van der Waals surface area contributed by atoms with Gasteiger partial charge in [0, 0.05) is 53.4 Å². The fourth-order valence-corrected chi connectivity index (χ4v) is 6.01. The van der Waals surface area contributed by atoms with E-state index in [0.29, 0.717) is 17.1 Å². The Labute approximate surface area is 201 Å². The van der Waals surface area contributed by atoms with Crippen molar-refractivity contribution < 1.29 is 9.13 Å². The van der Waals surface area contributed by atoms with Gasteiger partial charge in [0.2, 0.25) is 0 Å². The number of nitrogens with two attached hydrogens (primary N) is 1. The number of hydrogen-bond donors (Lipinski definition) is 1. The highest BCUT2D eigenvalue weighted by atomic mass is 19.1. The van der Waals surface area contributed by atoms with E-state index in [2.05, 4.69) is 16.6 Å². The van der Waals surface area contributed by atoms with Gasteiger partial charge in [-0.2, -0.15) is 20.1 Å². The molecule has 1 aliphatic heterocycles. The Morgan fingerprint density at radius 2 is 2.03 bits per heavy atom. The molecule has 35 heavy (non-hydrogen) atoms. The third kappa shape index (κ3) is 2.84. The number of halogens is 1. The first-order valence-corrected chi connectivity index (χ1v) is 12.1. The highest BCUT2D eigenvalue weighted by Crippen LogP contribution is 2.63. The van der Waals surface area contributed by atoms with Gasteiger partial charge in [-0.1, -0.05) is 0 Å². The molecule has 0 saturated heterocycles. The molecule has 2 atom stereocenters. The molecule has 1 saturated carbocycles. The molecule has 2 N–H and O–H groups in total. The maximum atomic E-state index is 14.5. The van der Waals surface area contributed by atoms with Gasteiger partial charge < -0.3 is 10.5 Å². The Morgan fingerprint density at radius 1 is 1.20 bits per heavy atom. The summed E-state index contributed by atoms with van der Waals surface area (Å²) in [6.45, 7) is 4.73. The number of ether oxygens (including phenoxy) is 1. The maximum absolute atomic E-state index is 14.5. The van der Waals surface area contributed by atoms with Crippen LogP contribution in [0.25, 0.3) is 22.5 Å². The molecular formula is C26H26FN7O. The minimum Gasteiger partial charge on any atom is -0.482 e. The van der Waals surface area contributed by atoms with Crippen LogP contribution in [-0.4, -0.2) is 29.8 Å². The van der Waals surface area contributed by atoms with Gasteiger partial charge in [0.15, 0.2) is 11.6 Å². The molecule has 1 spiro atoms. The number of hydrogen-bond acceptors (Lipinski definition) is 6. The molecule has 0 amide bonds. The van der Waals surface area contributed by atoms with E-state index >= 15 is 0 Å². The molecule has 3 aromatic heterocycles. The van der Waals surface area contributed by atoms with E-state index < -0.39 is 6.10 Å². The molecule has 178 valence electrons. The zero-order chi connectivity index (χ0) is 24.1. The van der Waals surface area contributed by atoms with Crippen molar-refractivity contribution in [1.29, 1.82) is 0 Å². The Hall–Kier alpha value is -3.75. The molecule has 2 aliphatic carbocycles. The predicted molar refractivity (Wildman–Crippen MR) is 128 cm³/mol. The molecule has 2 bridgehead atoms. The highest BCUT2D eigenvalue weighted by molar-refractivity contribution is 5.75. The van der Waals surface area contributed by atoms with Gasteiger partial charge in [0.1, 0.15) is 17.6 Å². The molecule has 1 fully saturated rings. The maximum Gasteiger partial charge on any atom is 0.166 e. The molecule has 7 rings (SSSR count). The predicted octanol–water partition coefficient (Wildman–Crippen LogP) is 4.50. The largest absolute Gasteiger partial charge is 0.482 e. The standard InChI is InChI=1S/C26H26FN7O/c1-4-34-23-14-9-19(25(28)29-12-14)35-13(2)17-10-15(27)5-6-16(17)21-22(31-33(3)30-21)18-11-26(7-8-26)24(32-34)20(18)23/h5-6,9-10,12-13,18H,4,7-8,11H2,1-3H3,(H2,28,29)/t13-,18+/m1/s1. The van der Waals surface area contributed by atoms with Crippen LogP contribution in [0.3, 0.4) is 0 Å². The first kappa shape index (κ1) is 20.6. The number of benzene rings is 1. The summed E-state index contributed by atoms with van der Waals surface area (Å²) >= 11 is 0. The summed E-state index contributed by atoms with van der Waals surface area (Å²) in [4.78, 5) is 6.09. The Kier molecular flexibility index (Phi) is 4.06. The summed E-state index contributed by atoms with van der Waals surface area (Å²) in [5, 5.41) is 14.8. The molecule has 9 heteroatoms. The van der Waals surface area contributed by atoms with Gasteiger partial charge in [-0.05, 0) is 57.4 Å². The lowest BCUT2D eigenvalue weighted by Crippen LogP contribution is -2.12. The fraction of sp³-hybridized carbons (Fsp3) is 0.385. The van der Waals surface area contributed by atoms with E-state index in [-0.39, 0.29) is 17.2 Å². The van der Waals surface area contributed by atoms with E-state index in [1.54, 1.807) is 17.1 Å².